The number of fused-ring (bicyclic) bond motifs is 1. The second-order valence-corrected chi connectivity index (χ2v) is 7.56. The number of benzene rings is 1. The van der Waals surface area contributed by atoms with Crippen LogP contribution in [0.5, 0.6) is 11.5 Å². The van der Waals surface area contributed by atoms with Crippen LogP contribution in [-0.2, 0) is 11.2 Å². The lowest BCUT2D eigenvalue weighted by Gasteiger charge is -2.36. The Balaban J connectivity index is 0.00000243. The Morgan fingerprint density at radius 1 is 1.19 bits per heavy atom. The molecule has 0 bridgehead atoms. The summed E-state index contributed by atoms with van der Waals surface area (Å²) in [6.07, 6.45) is 5.24. The van der Waals surface area contributed by atoms with E-state index in [4.69, 9.17) is 14.2 Å². The third kappa shape index (κ3) is 5.56. The molecule has 0 aromatic heterocycles. The van der Waals surface area contributed by atoms with E-state index in [0.29, 0.717) is 6.79 Å². The van der Waals surface area contributed by atoms with Crippen LogP contribution in [0, 0.1) is 0 Å². The molecule has 1 saturated heterocycles. The first kappa shape index (κ1) is 21.4. The Kier molecular flexibility index (Phi) is 8.62. The van der Waals surface area contributed by atoms with Crippen molar-refractivity contribution in [2.75, 3.05) is 46.4 Å². The van der Waals surface area contributed by atoms with Crippen LogP contribution in [0.2, 0.25) is 0 Å². The summed E-state index contributed by atoms with van der Waals surface area (Å²) in [5.41, 5.74) is 1.22. The van der Waals surface area contributed by atoms with Crippen LogP contribution in [-0.4, -0.2) is 57.1 Å². The van der Waals surface area contributed by atoms with Gasteiger partial charge in [-0.2, -0.15) is 11.8 Å². The van der Waals surface area contributed by atoms with Gasteiger partial charge in [-0.25, -0.2) is 0 Å². The lowest BCUT2D eigenvalue weighted by Crippen LogP contribution is -2.48. The van der Waals surface area contributed by atoms with Crippen molar-refractivity contribution in [1.82, 2.24) is 10.6 Å². The summed E-state index contributed by atoms with van der Waals surface area (Å²) in [4.78, 5) is 4.34. The van der Waals surface area contributed by atoms with Crippen LogP contribution < -0.4 is 20.1 Å². The van der Waals surface area contributed by atoms with Gasteiger partial charge in [-0.1, -0.05) is 6.07 Å². The fourth-order valence-corrected chi connectivity index (χ4v) is 3.88. The van der Waals surface area contributed by atoms with Gasteiger partial charge in [-0.05, 0) is 43.2 Å². The van der Waals surface area contributed by atoms with Crippen molar-refractivity contribution >= 4 is 41.7 Å². The molecule has 26 heavy (non-hydrogen) atoms. The molecule has 2 N–H and O–H groups in total. The van der Waals surface area contributed by atoms with Crippen molar-refractivity contribution in [2.24, 2.45) is 4.99 Å². The molecule has 2 aliphatic heterocycles. The standard InChI is InChI=1S/C18H27N3O3S.HI/c1-19-17(21-12-18(25-2)6-9-22-10-7-18)20-8-5-14-3-4-15-16(11-14)24-13-23-15;/h3-4,11H,5-10,12-13H2,1-2H3,(H2,19,20,21);1H. The number of nitrogens with zero attached hydrogens (tertiary/aromatic N) is 1. The van der Waals surface area contributed by atoms with E-state index in [1.807, 2.05) is 30.9 Å². The van der Waals surface area contributed by atoms with Gasteiger partial charge >= 0.3 is 0 Å². The highest BCUT2D eigenvalue weighted by atomic mass is 127. The molecule has 0 unspecified atom stereocenters. The third-order valence-corrected chi connectivity index (χ3v) is 6.20. The van der Waals surface area contributed by atoms with Gasteiger partial charge in [-0.3, -0.25) is 4.99 Å². The summed E-state index contributed by atoms with van der Waals surface area (Å²) in [5, 5.41) is 6.87. The lowest BCUT2D eigenvalue weighted by molar-refractivity contribution is 0.0783. The zero-order valence-electron chi connectivity index (χ0n) is 15.4. The second-order valence-electron chi connectivity index (χ2n) is 6.29. The summed E-state index contributed by atoms with van der Waals surface area (Å²) in [5.74, 6) is 2.51. The smallest absolute Gasteiger partial charge is 0.231 e. The number of thioether (sulfide) groups is 1. The highest BCUT2D eigenvalue weighted by Crippen LogP contribution is 2.33. The van der Waals surface area contributed by atoms with Crippen LogP contribution in [0.4, 0.5) is 0 Å². The highest BCUT2D eigenvalue weighted by molar-refractivity contribution is 14.0. The number of aliphatic imine (C=N–C) groups is 1. The molecule has 0 saturated carbocycles. The molecule has 8 heteroatoms. The average Bonchev–Trinajstić information content (AvgIpc) is 3.13. The number of guanidine groups is 1. The van der Waals surface area contributed by atoms with Crippen molar-refractivity contribution in [1.29, 1.82) is 0 Å². The van der Waals surface area contributed by atoms with E-state index in [-0.39, 0.29) is 28.7 Å². The van der Waals surface area contributed by atoms with Crippen LogP contribution >= 0.6 is 35.7 Å². The van der Waals surface area contributed by atoms with E-state index < -0.39 is 0 Å². The SMILES string of the molecule is CN=C(NCCc1ccc2c(c1)OCO2)NCC1(SC)CCOCC1.I. The van der Waals surface area contributed by atoms with Crippen molar-refractivity contribution in [3.05, 3.63) is 23.8 Å². The quantitative estimate of drug-likeness (QED) is 0.361. The Labute approximate surface area is 176 Å². The lowest BCUT2D eigenvalue weighted by atomic mass is 9.99. The normalized spacial score (nSPS) is 18.2. The fraction of sp³-hybridized carbons (Fsp3) is 0.611. The van der Waals surface area contributed by atoms with Crippen LogP contribution in [0.3, 0.4) is 0 Å². The van der Waals surface area contributed by atoms with Crippen molar-refractivity contribution in [3.8, 4) is 11.5 Å². The summed E-state index contributed by atoms with van der Waals surface area (Å²) in [7, 11) is 1.81. The molecule has 0 aliphatic carbocycles. The number of hydrogen-bond donors (Lipinski definition) is 2. The first-order chi connectivity index (χ1) is 12.2. The molecule has 146 valence electrons. The highest BCUT2D eigenvalue weighted by Gasteiger charge is 2.31. The molecule has 1 aromatic rings. The summed E-state index contributed by atoms with van der Waals surface area (Å²) >= 11 is 1.93. The topological polar surface area (TPSA) is 64.1 Å². The van der Waals surface area contributed by atoms with E-state index in [1.165, 1.54) is 5.56 Å². The van der Waals surface area contributed by atoms with E-state index >= 15 is 0 Å². The van der Waals surface area contributed by atoms with Crippen LogP contribution in [0.15, 0.2) is 23.2 Å². The predicted molar refractivity (Wildman–Crippen MR) is 117 cm³/mol. The molecular formula is C18H28IN3O3S. The summed E-state index contributed by atoms with van der Waals surface area (Å²) in [6.45, 7) is 3.73. The summed E-state index contributed by atoms with van der Waals surface area (Å²) in [6, 6.07) is 6.10. The maximum absolute atomic E-state index is 5.50. The third-order valence-electron chi connectivity index (χ3n) is 4.78. The van der Waals surface area contributed by atoms with E-state index in [9.17, 15) is 0 Å². The molecule has 2 heterocycles. The van der Waals surface area contributed by atoms with Gasteiger partial charge in [0, 0.05) is 38.1 Å². The monoisotopic (exact) mass is 493 g/mol. The summed E-state index contributed by atoms with van der Waals surface area (Å²) < 4.78 is 16.5. The van der Waals surface area contributed by atoms with E-state index in [0.717, 1.165) is 63.0 Å². The molecule has 0 radical (unpaired) electrons. The molecule has 2 aliphatic rings. The van der Waals surface area contributed by atoms with E-state index in [1.54, 1.807) is 0 Å². The van der Waals surface area contributed by atoms with Crippen molar-refractivity contribution in [2.45, 2.75) is 24.0 Å². The second kappa shape index (κ2) is 10.5. The largest absolute Gasteiger partial charge is 0.454 e. The predicted octanol–water partition coefficient (Wildman–Crippen LogP) is 2.65. The number of halogens is 1. The van der Waals surface area contributed by atoms with Gasteiger partial charge in [0.05, 0.1) is 0 Å². The number of rotatable bonds is 6. The van der Waals surface area contributed by atoms with Gasteiger partial charge in [0.25, 0.3) is 0 Å². The number of nitrogens with one attached hydrogen (secondary N) is 2. The molecular weight excluding hydrogens is 465 g/mol. The van der Waals surface area contributed by atoms with Gasteiger partial charge in [-0.15, -0.1) is 24.0 Å². The minimum Gasteiger partial charge on any atom is -0.454 e. The van der Waals surface area contributed by atoms with E-state index in [2.05, 4.69) is 27.9 Å². The maximum atomic E-state index is 5.50. The first-order valence-corrected chi connectivity index (χ1v) is 9.93. The Morgan fingerprint density at radius 3 is 2.69 bits per heavy atom. The van der Waals surface area contributed by atoms with Crippen LogP contribution in [0.1, 0.15) is 18.4 Å². The van der Waals surface area contributed by atoms with Gasteiger partial charge in [0.15, 0.2) is 17.5 Å². The zero-order chi connectivity index (χ0) is 17.5. The van der Waals surface area contributed by atoms with Gasteiger partial charge in [0.2, 0.25) is 6.79 Å². The Bertz CT molecular complexity index is 609. The molecule has 0 amide bonds. The van der Waals surface area contributed by atoms with Crippen LogP contribution in [0.25, 0.3) is 0 Å². The molecule has 3 rings (SSSR count). The van der Waals surface area contributed by atoms with Crippen molar-refractivity contribution in [3.63, 3.8) is 0 Å². The maximum Gasteiger partial charge on any atom is 0.231 e. The number of ether oxygens (including phenoxy) is 3. The minimum atomic E-state index is 0. The fourth-order valence-electron chi connectivity index (χ4n) is 3.08. The molecule has 1 aromatic carbocycles. The van der Waals surface area contributed by atoms with Gasteiger partial charge < -0.3 is 24.8 Å². The van der Waals surface area contributed by atoms with Crippen molar-refractivity contribution < 1.29 is 14.2 Å². The molecule has 0 spiro atoms. The average molecular weight is 493 g/mol. The Morgan fingerprint density at radius 2 is 1.96 bits per heavy atom. The zero-order valence-corrected chi connectivity index (χ0v) is 18.5. The van der Waals surface area contributed by atoms with Gasteiger partial charge in [0.1, 0.15) is 0 Å². The first-order valence-electron chi connectivity index (χ1n) is 8.71. The Hall–Kier alpha value is -0.870. The number of hydrogen-bond acceptors (Lipinski definition) is 5. The molecule has 6 nitrogen and oxygen atoms in total. The minimum absolute atomic E-state index is 0. The molecule has 1 fully saturated rings. The molecule has 0 atom stereocenters.